The van der Waals surface area contributed by atoms with Crippen LogP contribution in [0.2, 0.25) is 10.0 Å². The van der Waals surface area contributed by atoms with Crippen molar-refractivity contribution in [2.45, 2.75) is 56.8 Å². The number of nitrogen functional groups attached to an aromatic ring is 1. The molecule has 2 bridgehead atoms. The van der Waals surface area contributed by atoms with Crippen molar-refractivity contribution in [1.82, 2.24) is 19.7 Å². The van der Waals surface area contributed by atoms with Gasteiger partial charge in [-0.3, -0.25) is 4.68 Å². The summed E-state index contributed by atoms with van der Waals surface area (Å²) in [5.74, 6) is 0.0520. The van der Waals surface area contributed by atoms with Crippen molar-refractivity contribution >= 4 is 29.0 Å². The normalized spacial score (nSPS) is 23.6. The fourth-order valence-corrected chi connectivity index (χ4v) is 5.84. The van der Waals surface area contributed by atoms with Crippen LogP contribution in [0.15, 0.2) is 36.8 Å². The Morgan fingerprint density at radius 1 is 1.12 bits per heavy atom. The summed E-state index contributed by atoms with van der Waals surface area (Å²) in [5, 5.41) is 4.91. The van der Waals surface area contributed by atoms with E-state index in [2.05, 4.69) is 32.9 Å². The molecule has 33 heavy (non-hydrogen) atoms. The van der Waals surface area contributed by atoms with Gasteiger partial charge >= 0.3 is 0 Å². The summed E-state index contributed by atoms with van der Waals surface area (Å²) in [6.07, 6.45) is 9.77. The Morgan fingerprint density at radius 3 is 2.58 bits per heavy atom. The molecule has 0 radical (unpaired) electrons. The molecule has 1 aromatic carbocycles. The monoisotopic (exact) mass is 489 g/mol. The molecule has 3 aromatic rings. The average Bonchev–Trinajstić information content (AvgIpc) is 3.34. The lowest BCUT2D eigenvalue weighted by Gasteiger charge is -2.36. The molecule has 0 amide bonds. The SMILES string of the molecule is CC(Oc1cc(-c2cnn(C3CC4CCC(C3)N4C)c2)cnc1N)c1c(Cl)ccc(F)c1Cl. The minimum absolute atomic E-state index is 0.0638. The Labute approximate surface area is 202 Å². The number of ether oxygens (including phenoxy) is 1. The van der Waals surface area contributed by atoms with Crippen LogP contribution in [0.3, 0.4) is 0 Å². The summed E-state index contributed by atoms with van der Waals surface area (Å²) in [4.78, 5) is 6.82. The number of hydrogen-bond acceptors (Lipinski definition) is 5. The smallest absolute Gasteiger partial charge is 0.166 e. The first kappa shape index (κ1) is 22.4. The molecule has 0 aliphatic carbocycles. The van der Waals surface area contributed by atoms with Gasteiger partial charge < -0.3 is 15.4 Å². The van der Waals surface area contributed by atoms with E-state index in [0.29, 0.717) is 34.5 Å². The highest BCUT2D eigenvalue weighted by Crippen LogP contribution is 2.40. The van der Waals surface area contributed by atoms with Crippen molar-refractivity contribution in [3.8, 4) is 16.9 Å². The minimum Gasteiger partial charge on any atom is -0.482 e. The van der Waals surface area contributed by atoms with Gasteiger partial charge in [-0.25, -0.2) is 9.37 Å². The van der Waals surface area contributed by atoms with Gasteiger partial charge in [-0.2, -0.15) is 5.10 Å². The molecule has 0 spiro atoms. The van der Waals surface area contributed by atoms with Crippen LogP contribution in [0, 0.1) is 5.82 Å². The number of anilines is 1. The lowest BCUT2D eigenvalue weighted by Crippen LogP contribution is -2.40. The number of halogens is 3. The Hall–Kier alpha value is -2.35. The van der Waals surface area contributed by atoms with E-state index in [1.807, 2.05) is 12.3 Å². The summed E-state index contributed by atoms with van der Waals surface area (Å²) in [6.45, 7) is 1.74. The molecular formula is C24H26Cl2FN5O. The molecule has 2 fully saturated rings. The summed E-state index contributed by atoms with van der Waals surface area (Å²) < 4.78 is 22.1. The summed E-state index contributed by atoms with van der Waals surface area (Å²) in [6, 6.07) is 6.19. The van der Waals surface area contributed by atoms with E-state index in [9.17, 15) is 4.39 Å². The van der Waals surface area contributed by atoms with Crippen LogP contribution in [-0.2, 0) is 0 Å². The highest BCUT2D eigenvalue weighted by molar-refractivity contribution is 6.36. The third kappa shape index (κ3) is 4.18. The van der Waals surface area contributed by atoms with E-state index in [-0.39, 0.29) is 10.8 Å². The zero-order valence-corrected chi connectivity index (χ0v) is 20.0. The second kappa shape index (κ2) is 8.78. The van der Waals surface area contributed by atoms with Gasteiger partial charge in [0, 0.05) is 46.2 Å². The largest absolute Gasteiger partial charge is 0.482 e. The summed E-state index contributed by atoms with van der Waals surface area (Å²) in [7, 11) is 2.24. The summed E-state index contributed by atoms with van der Waals surface area (Å²) >= 11 is 12.4. The van der Waals surface area contributed by atoms with Crippen molar-refractivity contribution < 1.29 is 9.13 Å². The Kier molecular flexibility index (Phi) is 5.97. The lowest BCUT2D eigenvalue weighted by atomic mass is 9.98. The predicted octanol–water partition coefficient (Wildman–Crippen LogP) is 5.91. The van der Waals surface area contributed by atoms with Gasteiger partial charge in [0.1, 0.15) is 11.9 Å². The highest BCUT2D eigenvalue weighted by Gasteiger charge is 2.39. The predicted molar refractivity (Wildman–Crippen MR) is 128 cm³/mol. The van der Waals surface area contributed by atoms with Crippen LogP contribution in [0.1, 0.15) is 50.3 Å². The van der Waals surface area contributed by atoms with Gasteiger partial charge in [0.25, 0.3) is 0 Å². The van der Waals surface area contributed by atoms with Crippen LogP contribution in [0.4, 0.5) is 10.2 Å². The van der Waals surface area contributed by atoms with E-state index in [4.69, 9.17) is 33.7 Å². The van der Waals surface area contributed by atoms with E-state index in [1.165, 1.54) is 25.0 Å². The third-order valence-corrected chi connectivity index (χ3v) is 7.77. The first-order valence-electron chi connectivity index (χ1n) is 11.1. The maximum absolute atomic E-state index is 14.0. The van der Waals surface area contributed by atoms with Gasteiger partial charge in [0.05, 0.1) is 17.3 Å². The lowest BCUT2D eigenvalue weighted by molar-refractivity contribution is 0.131. The van der Waals surface area contributed by atoms with Crippen molar-refractivity contribution in [1.29, 1.82) is 0 Å². The minimum atomic E-state index is -0.627. The second-order valence-electron chi connectivity index (χ2n) is 9.01. The van der Waals surface area contributed by atoms with Crippen molar-refractivity contribution in [3.05, 3.63) is 58.2 Å². The molecule has 3 unspecified atom stereocenters. The van der Waals surface area contributed by atoms with Gasteiger partial charge in [-0.1, -0.05) is 23.2 Å². The van der Waals surface area contributed by atoms with Crippen LogP contribution in [-0.4, -0.2) is 38.8 Å². The molecule has 174 valence electrons. The standard InChI is InChI=1S/C24H26Cl2FN5O/c1-13(22-19(25)5-6-20(27)23(22)26)33-21-7-14(10-29-24(21)28)15-11-30-32(12-15)18-8-16-3-4-17(9-18)31(16)2/h5-7,10-13,16-18H,3-4,8-9H2,1-2H3,(H2,28,29). The van der Waals surface area contributed by atoms with Crippen LogP contribution >= 0.6 is 23.2 Å². The van der Waals surface area contributed by atoms with E-state index < -0.39 is 11.9 Å². The molecule has 2 saturated heterocycles. The maximum Gasteiger partial charge on any atom is 0.166 e. The number of nitrogens with two attached hydrogens (primary N) is 1. The first-order valence-corrected chi connectivity index (χ1v) is 11.9. The van der Waals surface area contributed by atoms with E-state index in [0.717, 1.165) is 24.0 Å². The molecule has 9 heteroatoms. The highest BCUT2D eigenvalue weighted by atomic mass is 35.5. The molecular weight excluding hydrogens is 464 g/mol. The van der Waals surface area contributed by atoms with Gasteiger partial charge in [-0.05, 0) is 57.9 Å². The number of hydrogen-bond donors (Lipinski definition) is 1. The number of benzene rings is 1. The number of rotatable bonds is 5. The second-order valence-corrected chi connectivity index (χ2v) is 9.79. The zero-order valence-electron chi connectivity index (χ0n) is 18.5. The Bertz CT molecular complexity index is 1170. The first-order chi connectivity index (χ1) is 15.8. The molecule has 4 heterocycles. The molecule has 5 rings (SSSR count). The van der Waals surface area contributed by atoms with Crippen LogP contribution < -0.4 is 10.5 Å². The van der Waals surface area contributed by atoms with E-state index >= 15 is 0 Å². The van der Waals surface area contributed by atoms with Crippen molar-refractivity contribution in [2.75, 3.05) is 12.8 Å². The molecule has 2 aliphatic heterocycles. The average molecular weight is 490 g/mol. The number of aromatic nitrogens is 3. The van der Waals surface area contributed by atoms with Gasteiger partial charge in [0.15, 0.2) is 11.6 Å². The molecule has 0 saturated carbocycles. The van der Waals surface area contributed by atoms with Gasteiger partial charge in [-0.15, -0.1) is 0 Å². The van der Waals surface area contributed by atoms with Crippen molar-refractivity contribution in [3.63, 3.8) is 0 Å². The topological polar surface area (TPSA) is 69.2 Å². The van der Waals surface area contributed by atoms with Crippen molar-refractivity contribution in [2.24, 2.45) is 0 Å². The number of pyridine rings is 1. The molecule has 2 aromatic heterocycles. The van der Waals surface area contributed by atoms with Gasteiger partial charge in [0.2, 0.25) is 0 Å². The molecule has 2 aliphatic rings. The number of piperidine rings is 1. The third-order valence-electron chi connectivity index (χ3n) is 7.05. The summed E-state index contributed by atoms with van der Waals surface area (Å²) in [5.41, 5.74) is 8.22. The van der Waals surface area contributed by atoms with E-state index in [1.54, 1.807) is 13.1 Å². The quantitative estimate of drug-likeness (QED) is 0.451. The molecule has 2 N–H and O–H groups in total. The fraction of sp³-hybridized carbons (Fsp3) is 0.417. The number of fused-ring (bicyclic) bond motifs is 2. The molecule has 3 atom stereocenters. The maximum atomic E-state index is 14.0. The number of nitrogens with zero attached hydrogens (tertiary/aromatic N) is 4. The molecule has 6 nitrogen and oxygen atoms in total. The fourth-order valence-electron chi connectivity index (χ4n) is 5.16. The Balaban J connectivity index is 1.37. The van der Waals surface area contributed by atoms with Crippen LogP contribution in [0.5, 0.6) is 5.75 Å². The van der Waals surface area contributed by atoms with Crippen LogP contribution in [0.25, 0.3) is 11.1 Å². The zero-order chi connectivity index (χ0) is 23.3. The Morgan fingerprint density at radius 2 is 1.85 bits per heavy atom.